The van der Waals surface area contributed by atoms with E-state index in [9.17, 15) is 4.79 Å². The lowest BCUT2D eigenvalue weighted by Gasteiger charge is -2.32. The third-order valence-corrected chi connectivity index (χ3v) is 7.80. The predicted molar refractivity (Wildman–Crippen MR) is 141 cm³/mol. The van der Waals surface area contributed by atoms with Crippen LogP contribution in [0.3, 0.4) is 0 Å². The topological polar surface area (TPSA) is 72.3 Å². The number of methoxy groups -OCH3 is 1. The SMILES string of the molecule is COc1ccc(CCC(=O)NC2CCN(c3nc4c(s3)c(C)nn4-c3ccc(C)cc3)CC2)cc1. The molecule has 3 heterocycles. The molecule has 0 saturated carbocycles. The third kappa shape index (κ3) is 5.17. The number of fused-ring (bicyclic) bond motifs is 1. The molecule has 0 unspecified atom stereocenters. The Hall–Kier alpha value is -3.39. The number of piperidine rings is 1. The first-order valence-electron chi connectivity index (χ1n) is 12.1. The number of rotatable bonds is 7. The van der Waals surface area contributed by atoms with Gasteiger partial charge in [0.05, 0.1) is 23.2 Å². The van der Waals surface area contributed by atoms with E-state index in [4.69, 9.17) is 14.8 Å². The average Bonchev–Trinajstić information content (AvgIpc) is 3.45. The summed E-state index contributed by atoms with van der Waals surface area (Å²) in [4.78, 5) is 19.8. The molecule has 7 nitrogen and oxygen atoms in total. The van der Waals surface area contributed by atoms with E-state index in [1.54, 1.807) is 18.4 Å². The molecule has 0 aliphatic carbocycles. The lowest BCUT2D eigenvalue weighted by atomic mass is 10.0. The molecule has 1 N–H and O–H groups in total. The molecule has 2 aromatic carbocycles. The normalized spacial score (nSPS) is 14.4. The van der Waals surface area contributed by atoms with Gasteiger partial charge in [-0.1, -0.05) is 41.2 Å². The number of hydrogen-bond donors (Lipinski definition) is 1. The molecule has 0 spiro atoms. The summed E-state index contributed by atoms with van der Waals surface area (Å²) in [7, 11) is 1.66. The zero-order chi connectivity index (χ0) is 24.4. The molecule has 0 radical (unpaired) electrons. The van der Waals surface area contributed by atoms with Crippen molar-refractivity contribution in [2.45, 2.75) is 45.6 Å². The van der Waals surface area contributed by atoms with Gasteiger partial charge in [-0.05, 0) is 62.9 Å². The number of aryl methyl sites for hydroxylation is 3. The molecule has 1 amide bonds. The predicted octanol–water partition coefficient (Wildman–Crippen LogP) is 4.83. The van der Waals surface area contributed by atoms with Gasteiger partial charge in [0, 0.05) is 25.6 Å². The van der Waals surface area contributed by atoms with Crippen LogP contribution in [0.5, 0.6) is 5.75 Å². The molecule has 35 heavy (non-hydrogen) atoms. The van der Waals surface area contributed by atoms with E-state index in [0.717, 1.165) is 70.5 Å². The van der Waals surface area contributed by atoms with Gasteiger partial charge in [-0.2, -0.15) is 10.1 Å². The van der Waals surface area contributed by atoms with Crippen LogP contribution in [0.4, 0.5) is 5.13 Å². The second kappa shape index (κ2) is 10.1. The summed E-state index contributed by atoms with van der Waals surface area (Å²) in [5.74, 6) is 0.953. The molecule has 0 bridgehead atoms. The molecule has 5 rings (SSSR count). The van der Waals surface area contributed by atoms with Gasteiger partial charge in [0.1, 0.15) is 5.75 Å². The summed E-state index contributed by atoms with van der Waals surface area (Å²) >= 11 is 1.71. The van der Waals surface area contributed by atoms with Crippen molar-refractivity contribution in [3.63, 3.8) is 0 Å². The Morgan fingerprint density at radius 2 is 1.80 bits per heavy atom. The van der Waals surface area contributed by atoms with Crippen molar-refractivity contribution >= 4 is 32.7 Å². The molecule has 1 fully saturated rings. The number of ether oxygens (including phenoxy) is 1. The van der Waals surface area contributed by atoms with Gasteiger partial charge in [-0.15, -0.1) is 0 Å². The summed E-state index contributed by atoms with van der Waals surface area (Å²) in [6.07, 6.45) is 3.08. The molecule has 182 valence electrons. The van der Waals surface area contributed by atoms with Crippen LogP contribution in [0.1, 0.15) is 36.1 Å². The van der Waals surface area contributed by atoms with Gasteiger partial charge in [0.15, 0.2) is 10.8 Å². The molecule has 8 heteroatoms. The number of amides is 1. The highest BCUT2D eigenvalue weighted by Gasteiger charge is 2.24. The Balaban J connectivity index is 1.17. The van der Waals surface area contributed by atoms with E-state index in [2.05, 4.69) is 41.4 Å². The number of aromatic nitrogens is 3. The van der Waals surface area contributed by atoms with Crippen molar-refractivity contribution in [2.75, 3.05) is 25.1 Å². The van der Waals surface area contributed by atoms with Crippen LogP contribution in [0.15, 0.2) is 48.5 Å². The summed E-state index contributed by atoms with van der Waals surface area (Å²) < 4.78 is 8.27. The summed E-state index contributed by atoms with van der Waals surface area (Å²) in [6, 6.07) is 16.5. The Morgan fingerprint density at radius 1 is 1.09 bits per heavy atom. The van der Waals surface area contributed by atoms with Gasteiger partial charge in [0.2, 0.25) is 5.91 Å². The van der Waals surface area contributed by atoms with E-state index < -0.39 is 0 Å². The standard InChI is InChI=1S/C27H31N5O2S/c1-18-4-9-22(10-5-18)32-26-25(19(2)30-32)35-27(29-26)31-16-14-21(15-17-31)28-24(33)13-8-20-6-11-23(34-3)12-7-20/h4-7,9-12,21H,8,13-17H2,1-3H3,(H,28,33). The molecule has 2 aromatic heterocycles. The maximum absolute atomic E-state index is 12.5. The fraction of sp³-hybridized carbons (Fsp3) is 0.370. The molecule has 4 aromatic rings. The number of nitrogens with one attached hydrogen (secondary N) is 1. The zero-order valence-corrected chi connectivity index (χ0v) is 21.3. The van der Waals surface area contributed by atoms with Gasteiger partial charge in [-0.25, -0.2) is 4.68 Å². The maximum atomic E-state index is 12.5. The fourth-order valence-corrected chi connectivity index (χ4v) is 5.53. The Morgan fingerprint density at radius 3 is 2.49 bits per heavy atom. The number of hydrogen-bond acceptors (Lipinski definition) is 6. The zero-order valence-electron chi connectivity index (χ0n) is 20.5. The first-order chi connectivity index (χ1) is 17.0. The Bertz CT molecular complexity index is 1300. The first-order valence-corrected chi connectivity index (χ1v) is 12.9. The van der Waals surface area contributed by atoms with Crippen LogP contribution in [-0.2, 0) is 11.2 Å². The number of nitrogens with zero attached hydrogens (tertiary/aromatic N) is 4. The van der Waals surface area contributed by atoms with Crippen LogP contribution in [-0.4, -0.2) is 46.9 Å². The van der Waals surface area contributed by atoms with Gasteiger partial charge >= 0.3 is 0 Å². The van der Waals surface area contributed by atoms with E-state index in [0.29, 0.717) is 6.42 Å². The first kappa shape index (κ1) is 23.4. The largest absolute Gasteiger partial charge is 0.497 e. The summed E-state index contributed by atoms with van der Waals surface area (Å²) in [5.41, 5.74) is 5.32. The Labute approximate surface area is 209 Å². The second-order valence-electron chi connectivity index (χ2n) is 9.16. The molecular formula is C27H31N5O2S. The molecule has 1 aliphatic heterocycles. The van der Waals surface area contributed by atoms with Crippen LogP contribution >= 0.6 is 11.3 Å². The molecule has 0 atom stereocenters. The van der Waals surface area contributed by atoms with Crippen LogP contribution in [0.2, 0.25) is 0 Å². The smallest absolute Gasteiger partial charge is 0.220 e. The highest BCUT2D eigenvalue weighted by atomic mass is 32.1. The minimum Gasteiger partial charge on any atom is -0.497 e. The van der Waals surface area contributed by atoms with Gasteiger partial charge in [-0.3, -0.25) is 4.79 Å². The van der Waals surface area contributed by atoms with Crippen molar-refractivity contribution in [1.82, 2.24) is 20.1 Å². The van der Waals surface area contributed by atoms with E-state index in [1.807, 2.05) is 35.9 Å². The van der Waals surface area contributed by atoms with Crippen LogP contribution in [0.25, 0.3) is 16.0 Å². The van der Waals surface area contributed by atoms with E-state index >= 15 is 0 Å². The monoisotopic (exact) mass is 489 g/mol. The van der Waals surface area contributed by atoms with Gasteiger partial charge < -0.3 is 15.0 Å². The summed E-state index contributed by atoms with van der Waals surface area (Å²) in [6.45, 7) is 5.90. The van der Waals surface area contributed by atoms with Crippen molar-refractivity contribution in [1.29, 1.82) is 0 Å². The lowest BCUT2D eigenvalue weighted by Crippen LogP contribution is -2.44. The van der Waals surface area contributed by atoms with Crippen LogP contribution in [0, 0.1) is 13.8 Å². The van der Waals surface area contributed by atoms with Crippen molar-refractivity contribution in [3.05, 3.63) is 65.4 Å². The number of anilines is 1. The minimum atomic E-state index is 0.119. The van der Waals surface area contributed by atoms with Crippen molar-refractivity contribution in [2.24, 2.45) is 0 Å². The number of carbonyl (C=O) groups is 1. The second-order valence-corrected chi connectivity index (χ2v) is 10.1. The highest BCUT2D eigenvalue weighted by Crippen LogP contribution is 2.33. The highest BCUT2D eigenvalue weighted by molar-refractivity contribution is 7.22. The van der Waals surface area contributed by atoms with Gasteiger partial charge in [0.25, 0.3) is 0 Å². The minimum absolute atomic E-state index is 0.119. The van der Waals surface area contributed by atoms with E-state index in [-0.39, 0.29) is 11.9 Å². The molecular weight excluding hydrogens is 458 g/mol. The third-order valence-electron chi connectivity index (χ3n) is 6.59. The average molecular weight is 490 g/mol. The maximum Gasteiger partial charge on any atom is 0.220 e. The number of carbonyl (C=O) groups excluding carboxylic acids is 1. The summed E-state index contributed by atoms with van der Waals surface area (Å²) in [5, 5.41) is 8.98. The van der Waals surface area contributed by atoms with E-state index in [1.165, 1.54) is 5.56 Å². The number of benzene rings is 2. The quantitative estimate of drug-likeness (QED) is 0.403. The Kier molecular flexibility index (Phi) is 6.72. The van der Waals surface area contributed by atoms with Crippen molar-refractivity contribution < 1.29 is 9.53 Å². The number of thiazole rings is 1. The molecule has 1 aliphatic rings. The lowest BCUT2D eigenvalue weighted by molar-refractivity contribution is -0.121. The van der Waals surface area contributed by atoms with Crippen LogP contribution < -0.4 is 15.0 Å². The van der Waals surface area contributed by atoms with Crippen molar-refractivity contribution in [3.8, 4) is 11.4 Å². The fourth-order valence-electron chi connectivity index (χ4n) is 4.49. The molecule has 1 saturated heterocycles.